The van der Waals surface area contributed by atoms with Crippen molar-refractivity contribution in [2.75, 3.05) is 30.4 Å². The number of thioether (sulfide) groups is 1. The van der Waals surface area contributed by atoms with Crippen molar-refractivity contribution in [3.05, 3.63) is 23.3 Å². The molecule has 0 saturated carbocycles. The molecule has 114 valence electrons. The number of sulfonamides is 1. The lowest BCUT2D eigenvalue weighted by atomic mass is 10.1. The van der Waals surface area contributed by atoms with E-state index in [9.17, 15) is 8.42 Å². The Kier molecular flexibility index (Phi) is 6.81. The number of nitrogens with two attached hydrogens (primary N) is 1. The van der Waals surface area contributed by atoms with Gasteiger partial charge in [-0.25, -0.2) is 13.1 Å². The second-order valence-electron chi connectivity index (χ2n) is 4.55. The van der Waals surface area contributed by atoms with Crippen molar-refractivity contribution in [2.24, 2.45) is 0 Å². The maximum absolute atomic E-state index is 12.2. The van der Waals surface area contributed by atoms with Gasteiger partial charge in [0, 0.05) is 24.6 Å². The topological polar surface area (TPSA) is 92.4 Å². The molecular weight excluding hydrogens is 296 g/mol. The predicted molar refractivity (Wildman–Crippen MR) is 84.5 cm³/mol. The Labute approximate surface area is 125 Å². The molecule has 0 fully saturated rings. The summed E-state index contributed by atoms with van der Waals surface area (Å²) in [6.45, 7) is 4.15. The van der Waals surface area contributed by atoms with Crippen molar-refractivity contribution >= 4 is 27.5 Å². The van der Waals surface area contributed by atoms with Gasteiger partial charge in [-0.3, -0.25) is 0 Å². The van der Waals surface area contributed by atoms with E-state index in [1.54, 1.807) is 24.8 Å². The molecule has 0 atom stereocenters. The Hall–Kier alpha value is -0.760. The lowest BCUT2D eigenvalue weighted by Gasteiger charge is -2.12. The van der Waals surface area contributed by atoms with E-state index in [0.717, 1.165) is 23.3 Å². The zero-order chi connectivity index (χ0) is 15.2. The maximum atomic E-state index is 12.2. The summed E-state index contributed by atoms with van der Waals surface area (Å²) in [4.78, 5) is 0.246. The van der Waals surface area contributed by atoms with Crippen LogP contribution in [0.3, 0.4) is 0 Å². The van der Waals surface area contributed by atoms with Crippen molar-refractivity contribution in [1.29, 1.82) is 0 Å². The smallest absolute Gasteiger partial charge is 0.240 e. The number of aliphatic hydroxyl groups is 1. The molecule has 0 saturated heterocycles. The highest BCUT2D eigenvalue weighted by atomic mass is 32.2. The third kappa shape index (κ3) is 4.97. The standard InChI is InChI=1S/C13H22N2O3S2/c1-10-8-12(14)9-13(11(10)2)20(17,18)15-4-7-19-6-3-5-16/h8-9,15-16H,3-7,14H2,1-2H3. The Morgan fingerprint density at radius 2 is 2.00 bits per heavy atom. The maximum Gasteiger partial charge on any atom is 0.240 e. The normalized spacial score (nSPS) is 11.8. The highest BCUT2D eigenvalue weighted by molar-refractivity contribution is 7.99. The van der Waals surface area contributed by atoms with Crippen LogP contribution in [0.1, 0.15) is 17.5 Å². The summed E-state index contributed by atoms with van der Waals surface area (Å²) in [5.41, 5.74) is 7.75. The fourth-order valence-corrected chi connectivity index (χ4v) is 4.02. The molecule has 0 heterocycles. The molecule has 7 heteroatoms. The number of aliphatic hydroxyl groups excluding tert-OH is 1. The van der Waals surface area contributed by atoms with Gasteiger partial charge in [-0.05, 0) is 49.3 Å². The SMILES string of the molecule is Cc1cc(N)cc(S(=O)(=O)NCCSCCCO)c1C. The third-order valence-corrected chi connectivity index (χ3v) is 5.57. The van der Waals surface area contributed by atoms with Crippen LogP contribution in [-0.2, 0) is 10.0 Å². The molecule has 5 nitrogen and oxygen atoms in total. The second kappa shape index (κ2) is 7.87. The minimum atomic E-state index is -3.52. The van der Waals surface area contributed by atoms with Gasteiger partial charge in [0.1, 0.15) is 0 Å². The number of hydrogen-bond acceptors (Lipinski definition) is 5. The zero-order valence-electron chi connectivity index (χ0n) is 11.8. The van der Waals surface area contributed by atoms with Gasteiger partial charge in [0.05, 0.1) is 4.90 Å². The molecule has 0 unspecified atom stereocenters. The summed E-state index contributed by atoms with van der Waals surface area (Å²) in [6.07, 6.45) is 0.727. The number of hydrogen-bond donors (Lipinski definition) is 3. The minimum Gasteiger partial charge on any atom is -0.399 e. The molecule has 0 bridgehead atoms. The summed E-state index contributed by atoms with van der Waals surface area (Å²) in [6, 6.07) is 3.25. The Morgan fingerprint density at radius 1 is 1.30 bits per heavy atom. The van der Waals surface area contributed by atoms with Crippen molar-refractivity contribution in [3.8, 4) is 0 Å². The van der Waals surface area contributed by atoms with Crippen LogP contribution in [0.2, 0.25) is 0 Å². The van der Waals surface area contributed by atoms with Gasteiger partial charge in [0.25, 0.3) is 0 Å². The van der Waals surface area contributed by atoms with Gasteiger partial charge in [-0.2, -0.15) is 11.8 Å². The van der Waals surface area contributed by atoms with Crippen LogP contribution in [0, 0.1) is 13.8 Å². The average Bonchev–Trinajstić information content (AvgIpc) is 2.37. The molecule has 0 aliphatic rings. The third-order valence-electron chi connectivity index (χ3n) is 2.92. The fourth-order valence-electron chi connectivity index (χ4n) is 1.73. The quantitative estimate of drug-likeness (QED) is 0.496. The number of nitrogen functional groups attached to an aromatic ring is 1. The summed E-state index contributed by atoms with van der Waals surface area (Å²) < 4.78 is 27.0. The number of aryl methyl sites for hydroxylation is 1. The van der Waals surface area contributed by atoms with Crippen LogP contribution in [-0.4, -0.2) is 38.2 Å². The van der Waals surface area contributed by atoms with Gasteiger partial charge in [0.15, 0.2) is 0 Å². The van der Waals surface area contributed by atoms with E-state index in [2.05, 4.69) is 4.72 Å². The molecule has 0 amide bonds. The molecule has 20 heavy (non-hydrogen) atoms. The van der Waals surface area contributed by atoms with E-state index in [-0.39, 0.29) is 11.5 Å². The Balaban J connectivity index is 2.65. The molecule has 1 aromatic carbocycles. The summed E-state index contributed by atoms with van der Waals surface area (Å²) in [5, 5.41) is 8.65. The molecule has 4 N–H and O–H groups in total. The molecule has 0 aliphatic carbocycles. The summed E-state index contributed by atoms with van der Waals surface area (Å²) in [5.74, 6) is 1.51. The van der Waals surface area contributed by atoms with Crippen LogP contribution in [0.4, 0.5) is 5.69 Å². The van der Waals surface area contributed by atoms with Crippen LogP contribution in [0.25, 0.3) is 0 Å². The molecule has 0 spiro atoms. The van der Waals surface area contributed by atoms with Crippen molar-refractivity contribution in [3.63, 3.8) is 0 Å². The minimum absolute atomic E-state index is 0.167. The highest BCUT2D eigenvalue weighted by Crippen LogP contribution is 2.22. The first-order valence-electron chi connectivity index (χ1n) is 6.43. The number of rotatable bonds is 8. The van der Waals surface area contributed by atoms with Crippen LogP contribution < -0.4 is 10.5 Å². The zero-order valence-corrected chi connectivity index (χ0v) is 13.5. The average molecular weight is 318 g/mol. The Bertz CT molecular complexity index is 545. The van der Waals surface area contributed by atoms with Gasteiger partial charge in [-0.1, -0.05) is 0 Å². The van der Waals surface area contributed by atoms with Crippen molar-refractivity contribution in [2.45, 2.75) is 25.2 Å². The van der Waals surface area contributed by atoms with Crippen LogP contribution >= 0.6 is 11.8 Å². The van der Waals surface area contributed by atoms with Gasteiger partial charge >= 0.3 is 0 Å². The van der Waals surface area contributed by atoms with Gasteiger partial charge < -0.3 is 10.8 Å². The Morgan fingerprint density at radius 3 is 2.65 bits per heavy atom. The first-order chi connectivity index (χ1) is 9.38. The first-order valence-corrected chi connectivity index (χ1v) is 9.07. The lowest BCUT2D eigenvalue weighted by molar-refractivity contribution is 0.296. The van der Waals surface area contributed by atoms with Crippen molar-refractivity contribution < 1.29 is 13.5 Å². The van der Waals surface area contributed by atoms with E-state index in [0.29, 0.717) is 18.0 Å². The van der Waals surface area contributed by atoms with Crippen LogP contribution in [0.15, 0.2) is 17.0 Å². The summed E-state index contributed by atoms with van der Waals surface area (Å²) in [7, 11) is -3.52. The number of benzene rings is 1. The fraction of sp³-hybridized carbons (Fsp3) is 0.538. The van der Waals surface area contributed by atoms with E-state index < -0.39 is 10.0 Å². The molecule has 0 aliphatic heterocycles. The van der Waals surface area contributed by atoms with E-state index in [1.807, 2.05) is 6.92 Å². The first kappa shape index (κ1) is 17.3. The second-order valence-corrected chi connectivity index (χ2v) is 7.51. The van der Waals surface area contributed by atoms with E-state index >= 15 is 0 Å². The van der Waals surface area contributed by atoms with E-state index in [4.69, 9.17) is 10.8 Å². The van der Waals surface area contributed by atoms with Crippen molar-refractivity contribution in [1.82, 2.24) is 4.72 Å². The number of nitrogens with one attached hydrogen (secondary N) is 1. The molecule has 0 radical (unpaired) electrons. The lowest BCUT2D eigenvalue weighted by Crippen LogP contribution is -2.27. The largest absolute Gasteiger partial charge is 0.399 e. The number of anilines is 1. The molecule has 1 rings (SSSR count). The van der Waals surface area contributed by atoms with E-state index in [1.165, 1.54) is 6.07 Å². The molecule has 0 aromatic heterocycles. The molecule has 1 aromatic rings. The highest BCUT2D eigenvalue weighted by Gasteiger charge is 2.17. The summed E-state index contributed by atoms with van der Waals surface area (Å²) >= 11 is 1.61. The predicted octanol–water partition coefficient (Wildman–Crippen LogP) is 1.28. The van der Waals surface area contributed by atoms with Gasteiger partial charge in [-0.15, -0.1) is 0 Å². The van der Waals surface area contributed by atoms with Crippen LogP contribution in [0.5, 0.6) is 0 Å². The monoisotopic (exact) mass is 318 g/mol. The van der Waals surface area contributed by atoms with Gasteiger partial charge in [0.2, 0.25) is 10.0 Å². The molecular formula is C13H22N2O3S2.